The van der Waals surface area contributed by atoms with Gasteiger partial charge >= 0.3 is 0 Å². The number of rotatable bonds is 0. The monoisotopic (exact) mass is 195 g/mol. The van der Waals surface area contributed by atoms with E-state index >= 15 is 0 Å². The van der Waals surface area contributed by atoms with E-state index in [2.05, 4.69) is 24.4 Å². The van der Waals surface area contributed by atoms with Crippen molar-refractivity contribution in [1.29, 1.82) is 0 Å². The molecule has 1 aliphatic rings. The number of hydrogen-bond acceptors (Lipinski definition) is 1. The Balaban J connectivity index is 2.43. The van der Waals surface area contributed by atoms with Gasteiger partial charge in [0.2, 0.25) is 0 Å². The van der Waals surface area contributed by atoms with Gasteiger partial charge in [-0.2, -0.15) is 0 Å². The first-order valence-electron chi connectivity index (χ1n) is 4.79. The van der Waals surface area contributed by atoms with Crippen LogP contribution in [-0.4, -0.2) is 6.54 Å². The minimum atomic E-state index is 0.441. The van der Waals surface area contributed by atoms with E-state index in [1.165, 1.54) is 24.0 Å². The highest BCUT2D eigenvalue weighted by Gasteiger charge is 2.13. The molecule has 1 atom stereocenters. The molecule has 0 radical (unpaired) electrons. The Bertz CT molecular complexity index is 309. The molecule has 13 heavy (non-hydrogen) atoms. The highest BCUT2D eigenvalue weighted by atomic mass is 35.5. The molecular weight excluding hydrogens is 182 g/mol. The number of nitrogens with one attached hydrogen (secondary N) is 1. The summed E-state index contributed by atoms with van der Waals surface area (Å²) in [7, 11) is 0. The molecule has 1 aromatic carbocycles. The van der Waals surface area contributed by atoms with E-state index in [0.717, 1.165) is 11.6 Å². The molecule has 0 saturated heterocycles. The van der Waals surface area contributed by atoms with Gasteiger partial charge in [0.1, 0.15) is 0 Å². The van der Waals surface area contributed by atoms with Crippen molar-refractivity contribution in [2.24, 2.45) is 0 Å². The molecule has 1 aliphatic heterocycles. The lowest BCUT2D eigenvalue weighted by Gasteiger charge is -2.13. The van der Waals surface area contributed by atoms with Crippen molar-refractivity contribution < 1.29 is 0 Å². The predicted molar refractivity (Wildman–Crippen MR) is 56.2 cm³/mol. The maximum atomic E-state index is 5.97. The second-order valence-electron chi connectivity index (χ2n) is 3.62. The van der Waals surface area contributed by atoms with E-state index in [-0.39, 0.29) is 0 Å². The topological polar surface area (TPSA) is 12.0 Å². The van der Waals surface area contributed by atoms with E-state index in [9.17, 15) is 0 Å². The third-order valence-electron chi connectivity index (χ3n) is 2.65. The summed E-state index contributed by atoms with van der Waals surface area (Å²) in [6, 6.07) is 6.66. The zero-order chi connectivity index (χ0) is 9.26. The third-order valence-corrected chi connectivity index (χ3v) is 2.88. The van der Waals surface area contributed by atoms with Crippen molar-refractivity contribution >= 4 is 11.6 Å². The molecule has 0 bridgehead atoms. The van der Waals surface area contributed by atoms with Gasteiger partial charge < -0.3 is 5.32 Å². The Labute approximate surface area is 84.1 Å². The summed E-state index contributed by atoms with van der Waals surface area (Å²) in [5.41, 5.74) is 2.81. The molecule has 1 N–H and O–H groups in total. The molecule has 0 amide bonds. The van der Waals surface area contributed by atoms with Gasteiger partial charge in [-0.3, -0.25) is 0 Å². The molecule has 0 aliphatic carbocycles. The van der Waals surface area contributed by atoms with E-state index in [1.807, 2.05) is 6.07 Å². The molecule has 70 valence electrons. The Morgan fingerprint density at radius 2 is 2.31 bits per heavy atom. The second-order valence-corrected chi connectivity index (χ2v) is 4.06. The number of halogens is 1. The van der Waals surface area contributed by atoms with Crippen molar-refractivity contribution in [2.45, 2.75) is 25.8 Å². The van der Waals surface area contributed by atoms with Gasteiger partial charge in [-0.15, -0.1) is 0 Å². The molecule has 1 heterocycles. The van der Waals surface area contributed by atoms with Crippen LogP contribution in [0.25, 0.3) is 0 Å². The maximum absolute atomic E-state index is 5.97. The lowest BCUT2D eigenvalue weighted by Crippen LogP contribution is -2.17. The van der Waals surface area contributed by atoms with Gasteiger partial charge in [0.25, 0.3) is 0 Å². The van der Waals surface area contributed by atoms with Gasteiger partial charge in [0.15, 0.2) is 0 Å². The summed E-state index contributed by atoms with van der Waals surface area (Å²) in [6.07, 6.45) is 2.39. The number of hydrogen-bond donors (Lipinski definition) is 1. The highest BCUT2D eigenvalue weighted by Crippen LogP contribution is 2.25. The summed E-state index contributed by atoms with van der Waals surface area (Å²) >= 11 is 5.97. The van der Waals surface area contributed by atoms with Crippen LogP contribution in [0.4, 0.5) is 0 Å². The molecule has 0 saturated carbocycles. The van der Waals surface area contributed by atoms with Gasteiger partial charge in [0.05, 0.1) is 0 Å². The Morgan fingerprint density at radius 1 is 1.46 bits per heavy atom. The first-order chi connectivity index (χ1) is 6.27. The lowest BCUT2D eigenvalue weighted by molar-refractivity contribution is 0.582. The van der Waals surface area contributed by atoms with Crippen LogP contribution in [0.5, 0.6) is 0 Å². The summed E-state index contributed by atoms with van der Waals surface area (Å²) in [6.45, 7) is 3.30. The zero-order valence-electron chi connectivity index (χ0n) is 7.81. The van der Waals surface area contributed by atoms with Gasteiger partial charge in [0, 0.05) is 11.1 Å². The van der Waals surface area contributed by atoms with Crippen molar-refractivity contribution in [3.05, 3.63) is 34.3 Å². The van der Waals surface area contributed by atoms with E-state index in [4.69, 9.17) is 11.6 Å². The zero-order valence-corrected chi connectivity index (χ0v) is 8.56. The molecule has 0 aromatic heterocycles. The van der Waals surface area contributed by atoms with Crippen LogP contribution in [0.1, 0.15) is 30.5 Å². The Morgan fingerprint density at radius 3 is 3.15 bits per heavy atom. The molecule has 2 heteroatoms. The van der Waals surface area contributed by atoms with E-state index in [1.54, 1.807) is 0 Å². The van der Waals surface area contributed by atoms with Crippen molar-refractivity contribution in [3.8, 4) is 0 Å². The average molecular weight is 196 g/mol. The summed E-state index contributed by atoms with van der Waals surface area (Å²) in [5.74, 6) is 0. The first kappa shape index (κ1) is 9.04. The number of aryl methyl sites for hydroxylation is 1. The predicted octanol–water partition coefficient (Wildman–Crippen LogP) is 2.94. The first-order valence-corrected chi connectivity index (χ1v) is 5.17. The highest BCUT2D eigenvalue weighted by molar-refractivity contribution is 6.30. The van der Waals surface area contributed by atoms with Gasteiger partial charge in [-0.05, 0) is 49.6 Å². The largest absolute Gasteiger partial charge is 0.310 e. The SMILES string of the molecule is CC1NCCCc2ccc(Cl)cc21. The Kier molecular flexibility index (Phi) is 2.56. The van der Waals surface area contributed by atoms with Crippen molar-refractivity contribution in [1.82, 2.24) is 5.32 Å². The van der Waals surface area contributed by atoms with Crippen LogP contribution in [-0.2, 0) is 6.42 Å². The smallest absolute Gasteiger partial charge is 0.0409 e. The van der Waals surface area contributed by atoms with E-state index in [0.29, 0.717) is 6.04 Å². The van der Waals surface area contributed by atoms with Crippen LogP contribution < -0.4 is 5.32 Å². The molecule has 0 spiro atoms. The minimum absolute atomic E-state index is 0.441. The quantitative estimate of drug-likeness (QED) is 0.671. The molecule has 1 unspecified atom stereocenters. The summed E-state index contributed by atoms with van der Waals surface area (Å²) < 4.78 is 0. The van der Waals surface area contributed by atoms with Crippen LogP contribution in [0.3, 0.4) is 0 Å². The second kappa shape index (κ2) is 3.69. The third kappa shape index (κ3) is 1.87. The van der Waals surface area contributed by atoms with Crippen LogP contribution in [0.2, 0.25) is 5.02 Å². The molecular formula is C11H14ClN. The molecule has 0 fully saturated rings. The lowest BCUT2D eigenvalue weighted by atomic mass is 10.0. The fourth-order valence-electron chi connectivity index (χ4n) is 1.90. The average Bonchev–Trinajstić information content (AvgIpc) is 2.29. The fraction of sp³-hybridized carbons (Fsp3) is 0.455. The molecule has 1 aromatic rings. The van der Waals surface area contributed by atoms with Gasteiger partial charge in [-0.25, -0.2) is 0 Å². The minimum Gasteiger partial charge on any atom is -0.310 e. The summed E-state index contributed by atoms with van der Waals surface area (Å²) in [5, 5.41) is 4.31. The standard InChI is InChI=1S/C11H14ClN/c1-8-11-7-10(12)5-4-9(11)3-2-6-13-8/h4-5,7-8,13H,2-3,6H2,1H3. The van der Waals surface area contributed by atoms with Crippen LogP contribution >= 0.6 is 11.6 Å². The number of benzene rings is 1. The van der Waals surface area contributed by atoms with Crippen LogP contribution in [0.15, 0.2) is 18.2 Å². The normalized spacial score (nSPS) is 22.2. The maximum Gasteiger partial charge on any atom is 0.0409 e. The molecule has 2 rings (SSSR count). The summed E-state index contributed by atoms with van der Waals surface area (Å²) in [4.78, 5) is 0. The van der Waals surface area contributed by atoms with Crippen molar-refractivity contribution in [2.75, 3.05) is 6.54 Å². The fourth-order valence-corrected chi connectivity index (χ4v) is 2.08. The van der Waals surface area contributed by atoms with Crippen LogP contribution in [0, 0.1) is 0 Å². The van der Waals surface area contributed by atoms with Crippen molar-refractivity contribution in [3.63, 3.8) is 0 Å². The van der Waals surface area contributed by atoms with Gasteiger partial charge in [-0.1, -0.05) is 17.7 Å². The Hall–Kier alpha value is -0.530. The molecule has 1 nitrogen and oxygen atoms in total. The van der Waals surface area contributed by atoms with E-state index < -0.39 is 0 Å². The number of fused-ring (bicyclic) bond motifs is 1.